The van der Waals surface area contributed by atoms with Crippen molar-refractivity contribution in [2.45, 2.75) is 33.7 Å². The Morgan fingerprint density at radius 3 is 2.19 bits per heavy atom. The summed E-state index contributed by atoms with van der Waals surface area (Å²) >= 11 is 0. The number of aromatic carboxylic acids is 1. The molecule has 4 N–H and O–H groups in total. The van der Waals surface area contributed by atoms with E-state index in [1.54, 1.807) is 0 Å². The maximum atomic E-state index is 12.0. The first-order valence-electron chi connectivity index (χ1n) is 6.71. The van der Waals surface area contributed by atoms with Crippen molar-refractivity contribution in [3.8, 4) is 5.75 Å². The van der Waals surface area contributed by atoms with Crippen molar-refractivity contribution in [2.24, 2.45) is 10.8 Å². The van der Waals surface area contributed by atoms with Crippen molar-refractivity contribution in [1.82, 2.24) is 5.32 Å². The monoisotopic (exact) mass is 292 g/mol. The van der Waals surface area contributed by atoms with Gasteiger partial charge in [0, 0.05) is 11.7 Å². The second kappa shape index (κ2) is 4.65. The molecular formula is C15H20N2O4. The Morgan fingerprint density at radius 2 is 1.71 bits per heavy atom. The van der Waals surface area contributed by atoms with Crippen LogP contribution in [0.5, 0.6) is 5.75 Å². The zero-order valence-corrected chi connectivity index (χ0v) is 12.5. The number of anilines is 1. The van der Waals surface area contributed by atoms with Gasteiger partial charge < -0.3 is 20.8 Å². The van der Waals surface area contributed by atoms with Crippen LogP contribution < -0.4 is 10.6 Å². The summed E-state index contributed by atoms with van der Waals surface area (Å²) in [5, 5.41) is 23.8. The van der Waals surface area contributed by atoms with Crippen molar-refractivity contribution < 1.29 is 19.8 Å². The van der Waals surface area contributed by atoms with Crippen LogP contribution in [0.3, 0.4) is 0 Å². The third-order valence-corrected chi connectivity index (χ3v) is 4.78. The van der Waals surface area contributed by atoms with Crippen LogP contribution in [0.25, 0.3) is 0 Å². The highest BCUT2D eigenvalue weighted by atomic mass is 16.4. The molecule has 0 spiro atoms. The number of phenols is 1. The second-order valence-electron chi connectivity index (χ2n) is 6.51. The van der Waals surface area contributed by atoms with E-state index >= 15 is 0 Å². The number of carbonyl (C=O) groups excluding carboxylic acids is 1. The summed E-state index contributed by atoms with van der Waals surface area (Å²) in [6.45, 7) is 8.34. The van der Waals surface area contributed by atoms with Gasteiger partial charge in [0.2, 0.25) is 0 Å². The van der Waals surface area contributed by atoms with Crippen LogP contribution >= 0.6 is 0 Å². The standard InChI is InChI=1S/C15H20N2O4/c1-14(2)12(15(14,3)4)17-13(21)16-8-5-6-10(18)9(7-8)11(19)20/h5-7,12,18H,1-4H3,(H,19,20)(H2,16,17,21). The summed E-state index contributed by atoms with van der Waals surface area (Å²) in [6, 6.07) is 3.58. The van der Waals surface area contributed by atoms with E-state index in [1.165, 1.54) is 18.2 Å². The van der Waals surface area contributed by atoms with E-state index in [0.29, 0.717) is 5.69 Å². The summed E-state index contributed by atoms with van der Waals surface area (Å²) in [5.74, 6) is -1.58. The molecule has 2 amide bonds. The number of carboxylic acids is 1. The van der Waals surface area contributed by atoms with Gasteiger partial charge in [-0.15, -0.1) is 0 Å². The molecule has 21 heavy (non-hydrogen) atoms. The van der Waals surface area contributed by atoms with Crippen molar-refractivity contribution in [3.63, 3.8) is 0 Å². The molecule has 0 atom stereocenters. The number of hydrogen-bond donors (Lipinski definition) is 4. The van der Waals surface area contributed by atoms with Crippen LogP contribution in [0.2, 0.25) is 0 Å². The lowest BCUT2D eigenvalue weighted by Gasteiger charge is -2.10. The number of hydrogen-bond acceptors (Lipinski definition) is 3. The summed E-state index contributed by atoms with van der Waals surface area (Å²) < 4.78 is 0. The van der Waals surface area contributed by atoms with E-state index in [9.17, 15) is 14.7 Å². The van der Waals surface area contributed by atoms with Crippen molar-refractivity contribution in [2.75, 3.05) is 5.32 Å². The number of carboxylic acid groups (broad SMARTS) is 1. The van der Waals surface area contributed by atoms with Gasteiger partial charge in [-0.2, -0.15) is 0 Å². The predicted octanol–water partition coefficient (Wildman–Crippen LogP) is 2.65. The zero-order valence-electron chi connectivity index (χ0n) is 12.5. The van der Waals surface area contributed by atoms with Gasteiger partial charge in [-0.1, -0.05) is 27.7 Å². The minimum atomic E-state index is -1.25. The van der Waals surface area contributed by atoms with Gasteiger partial charge >= 0.3 is 12.0 Å². The van der Waals surface area contributed by atoms with Gasteiger partial charge in [-0.3, -0.25) is 0 Å². The quantitative estimate of drug-likeness (QED) is 0.644. The van der Waals surface area contributed by atoms with Crippen LogP contribution in [-0.2, 0) is 0 Å². The minimum absolute atomic E-state index is 0.0194. The Morgan fingerprint density at radius 1 is 1.14 bits per heavy atom. The molecule has 0 saturated heterocycles. The first kappa shape index (κ1) is 15.2. The van der Waals surface area contributed by atoms with E-state index in [4.69, 9.17) is 5.11 Å². The minimum Gasteiger partial charge on any atom is -0.507 e. The molecule has 0 radical (unpaired) electrons. The fraction of sp³-hybridized carbons (Fsp3) is 0.467. The Bertz CT molecular complexity index is 594. The molecule has 1 aromatic rings. The number of amides is 2. The van der Waals surface area contributed by atoms with Gasteiger partial charge in [0.15, 0.2) is 0 Å². The molecule has 0 heterocycles. The van der Waals surface area contributed by atoms with Crippen molar-refractivity contribution in [3.05, 3.63) is 23.8 Å². The van der Waals surface area contributed by atoms with Crippen molar-refractivity contribution in [1.29, 1.82) is 0 Å². The highest BCUT2D eigenvalue weighted by Gasteiger charge is 2.65. The molecule has 0 aromatic heterocycles. The number of urea groups is 1. The third-order valence-electron chi connectivity index (χ3n) is 4.78. The molecule has 6 heteroatoms. The molecule has 0 unspecified atom stereocenters. The average Bonchev–Trinajstić information content (AvgIpc) is 2.74. The first-order valence-corrected chi connectivity index (χ1v) is 6.71. The molecule has 114 valence electrons. The molecule has 1 saturated carbocycles. The predicted molar refractivity (Wildman–Crippen MR) is 78.6 cm³/mol. The number of carbonyl (C=O) groups is 2. The molecule has 2 rings (SSSR count). The van der Waals surface area contributed by atoms with Crippen LogP contribution in [0.15, 0.2) is 18.2 Å². The van der Waals surface area contributed by atoms with E-state index in [0.717, 1.165) is 0 Å². The normalized spacial score (nSPS) is 18.9. The Hall–Kier alpha value is -2.24. The summed E-state index contributed by atoms with van der Waals surface area (Å²) in [6.07, 6.45) is 0. The van der Waals surface area contributed by atoms with Gasteiger partial charge in [0.1, 0.15) is 11.3 Å². The molecule has 1 fully saturated rings. The maximum Gasteiger partial charge on any atom is 0.339 e. The van der Waals surface area contributed by atoms with Crippen LogP contribution in [0.4, 0.5) is 10.5 Å². The lowest BCUT2D eigenvalue weighted by molar-refractivity contribution is 0.0693. The fourth-order valence-corrected chi connectivity index (χ4v) is 2.64. The van der Waals surface area contributed by atoms with Crippen LogP contribution in [0, 0.1) is 10.8 Å². The summed E-state index contributed by atoms with van der Waals surface area (Å²) in [4.78, 5) is 22.9. The SMILES string of the molecule is CC1(C)C(NC(=O)Nc2ccc(O)c(C(=O)O)c2)C1(C)C. The van der Waals surface area contributed by atoms with Gasteiger partial charge in [-0.05, 0) is 29.0 Å². The van der Waals surface area contributed by atoms with E-state index < -0.39 is 5.97 Å². The Balaban J connectivity index is 2.05. The molecule has 6 nitrogen and oxygen atoms in total. The van der Waals surface area contributed by atoms with E-state index in [2.05, 4.69) is 38.3 Å². The third kappa shape index (κ3) is 2.53. The first-order chi connectivity index (χ1) is 9.57. The molecule has 0 aliphatic heterocycles. The highest BCUT2D eigenvalue weighted by Crippen LogP contribution is 2.62. The molecule has 1 aromatic carbocycles. The van der Waals surface area contributed by atoms with Crippen molar-refractivity contribution >= 4 is 17.7 Å². The van der Waals surface area contributed by atoms with E-state index in [-0.39, 0.29) is 34.2 Å². The summed E-state index contributed by atoms with van der Waals surface area (Å²) in [5.41, 5.74) is 0.107. The van der Waals surface area contributed by atoms with Gasteiger partial charge in [0.05, 0.1) is 0 Å². The number of rotatable bonds is 3. The largest absolute Gasteiger partial charge is 0.507 e. The number of aromatic hydroxyl groups is 1. The van der Waals surface area contributed by atoms with E-state index in [1.807, 2.05) is 0 Å². The maximum absolute atomic E-state index is 12.0. The Labute approximate surface area is 123 Å². The summed E-state index contributed by atoms with van der Waals surface area (Å²) in [7, 11) is 0. The molecule has 0 bridgehead atoms. The average molecular weight is 292 g/mol. The molecule has 1 aliphatic rings. The molecule has 1 aliphatic carbocycles. The second-order valence-corrected chi connectivity index (χ2v) is 6.51. The Kier molecular flexibility index (Phi) is 3.35. The fourth-order valence-electron chi connectivity index (χ4n) is 2.64. The van der Waals surface area contributed by atoms with Crippen LogP contribution in [0.1, 0.15) is 38.1 Å². The molecular weight excluding hydrogens is 272 g/mol. The topological polar surface area (TPSA) is 98.7 Å². The van der Waals surface area contributed by atoms with Gasteiger partial charge in [-0.25, -0.2) is 9.59 Å². The lowest BCUT2D eigenvalue weighted by atomic mass is 10.0. The lowest BCUT2D eigenvalue weighted by Crippen LogP contribution is -2.33. The van der Waals surface area contributed by atoms with Crippen LogP contribution in [-0.4, -0.2) is 28.3 Å². The zero-order chi connectivity index (χ0) is 16.0. The van der Waals surface area contributed by atoms with Gasteiger partial charge in [0.25, 0.3) is 0 Å². The highest BCUT2D eigenvalue weighted by molar-refractivity contribution is 5.95. The number of nitrogens with one attached hydrogen (secondary N) is 2. The smallest absolute Gasteiger partial charge is 0.339 e. The number of benzene rings is 1.